The lowest BCUT2D eigenvalue weighted by atomic mass is 9.91. The maximum atomic E-state index is 14.8. The normalized spacial score (nSPS) is 20.0. The van der Waals surface area contributed by atoms with Crippen LogP contribution in [0.2, 0.25) is 0 Å². The number of hydrazone groups is 1. The highest BCUT2D eigenvalue weighted by atomic mass is 79.9. The summed E-state index contributed by atoms with van der Waals surface area (Å²) in [5.41, 5.74) is -4.27. The third-order valence-corrected chi connectivity index (χ3v) is 6.25. The van der Waals surface area contributed by atoms with Gasteiger partial charge in [-0.05, 0) is 41.8 Å². The molecule has 2 aromatic rings. The maximum absolute atomic E-state index is 14.8. The second-order valence-corrected chi connectivity index (χ2v) is 9.00. The average molecular weight is 585 g/mol. The van der Waals surface area contributed by atoms with Crippen LogP contribution in [-0.2, 0) is 11.2 Å². The molecule has 0 spiro atoms. The van der Waals surface area contributed by atoms with E-state index >= 15 is 0 Å². The number of halogens is 8. The third kappa shape index (κ3) is 4.29. The lowest BCUT2D eigenvalue weighted by molar-refractivity contribution is -0.401. The summed E-state index contributed by atoms with van der Waals surface area (Å²) in [5.74, 6) is -13.4. The van der Waals surface area contributed by atoms with Crippen molar-refractivity contribution in [2.45, 2.75) is 43.0 Å². The van der Waals surface area contributed by atoms with E-state index < -0.39 is 48.2 Å². The standard InChI is InChI=1S/C22H16BrF7N2O4/c23-14-5-3-13(4-6-14)15-10-19(34,20(24,25)21(26,27)22(28,29)30)32(31-15)18(33)8-2-12-1-7-16-17(9-12)36-11-35-16/h1,3-7,9,34H,2,8,10-11H2/t19-/m1/s1. The molecule has 0 aromatic heterocycles. The van der Waals surface area contributed by atoms with Crippen LogP contribution in [0.15, 0.2) is 52.0 Å². The second-order valence-electron chi connectivity index (χ2n) is 8.09. The van der Waals surface area contributed by atoms with Crippen molar-refractivity contribution in [2.24, 2.45) is 5.10 Å². The Labute approximate surface area is 207 Å². The van der Waals surface area contributed by atoms with E-state index in [0.717, 1.165) is 0 Å². The van der Waals surface area contributed by atoms with Crippen LogP contribution in [0.25, 0.3) is 0 Å². The van der Waals surface area contributed by atoms with E-state index in [0.29, 0.717) is 21.5 Å². The van der Waals surface area contributed by atoms with Crippen LogP contribution >= 0.6 is 15.9 Å². The van der Waals surface area contributed by atoms with Crippen molar-refractivity contribution in [1.29, 1.82) is 0 Å². The molecule has 0 bridgehead atoms. The van der Waals surface area contributed by atoms with E-state index in [9.17, 15) is 40.6 Å². The van der Waals surface area contributed by atoms with Crippen LogP contribution in [-0.4, -0.2) is 52.3 Å². The van der Waals surface area contributed by atoms with Gasteiger partial charge in [-0.2, -0.15) is 40.8 Å². The molecule has 0 fully saturated rings. The number of hydrogen-bond donors (Lipinski definition) is 1. The zero-order valence-corrected chi connectivity index (χ0v) is 19.5. The van der Waals surface area contributed by atoms with E-state index in [4.69, 9.17) is 9.47 Å². The first kappa shape index (κ1) is 26.2. The molecule has 1 N–H and O–H groups in total. The summed E-state index contributed by atoms with van der Waals surface area (Å²) in [6.07, 6.45) is -8.98. The Kier molecular flexibility index (Phi) is 6.48. The summed E-state index contributed by atoms with van der Waals surface area (Å²) >= 11 is 3.14. The van der Waals surface area contributed by atoms with Gasteiger partial charge in [-0.15, -0.1) is 0 Å². The van der Waals surface area contributed by atoms with Gasteiger partial charge in [0.1, 0.15) is 0 Å². The first-order valence-electron chi connectivity index (χ1n) is 10.3. The fourth-order valence-corrected chi connectivity index (χ4v) is 4.00. The lowest BCUT2D eigenvalue weighted by Gasteiger charge is -2.41. The van der Waals surface area contributed by atoms with Crippen LogP contribution < -0.4 is 9.47 Å². The third-order valence-electron chi connectivity index (χ3n) is 5.72. The number of hydrogen-bond acceptors (Lipinski definition) is 5. The van der Waals surface area contributed by atoms with Gasteiger partial charge in [-0.1, -0.05) is 34.1 Å². The predicted molar refractivity (Wildman–Crippen MR) is 114 cm³/mol. The Morgan fingerprint density at radius 3 is 2.31 bits per heavy atom. The van der Waals surface area contributed by atoms with Crippen molar-refractivity contribution in [1.82, 2.24) is 5.01 Å². The Morgan fingerprint density at radius 1 is 1.03 bits per heavy atom. The number of alkyl halides is 7. The molecular formula is C22H16BrF7N2O4. The summed E-state index contributed by atoms with van der Waals surface area (Å²) in [6.45, 7) is -0.0332. The number of nitrogens with zero attached hydrogens (tertiary/aromatic N) is 2. The highest BCUT2D eigenvalue weighted by Crippen LogP contribution is 2.54. The zero-order valence-electron chi connectivity index (χ0n) is 18.0. The van der Waals surface area contributed by atoms with E-state index in [1.54, 1.807) is 0 Å². The molecule has 36 heavy (non-hydrogen) atoms. The fraction of sp³-hybridized carbons (Fsp3) is 0.364. The molecule has 194 valence electrons. The van der Waals surface area contributed by atoms with Crippen molar-refractivity contribution < 1.29 is 50.1 Å². The minimum atomic E-state index is -6.71. The number of fused-ring (bicyclic) bond motifs is 1. The Balaban J connectivity index is 1.66. The number of ether oxygens (including phenoxy) is 2. The van der Waals surface area contributed by atoms with E-state index in [-0.39, 0.29) is 23.8 Å². The second kappa shape index (κ2) is 8.91. The predicted octanol–water partition coefficient (Wildman–Crippen LogP) is 5.27. The quantitative estimate of drug-likeness (QED) is 0.470. The molecule has 2 aromatic carbocycles. The van der Waals surface area contributed by atoms with Gasteiger partial charge in [0.2, 0.25) is 18.4 Å². The topological polar surface area (TPSA) is 71.4 Å². The molecule has 14 heteroatoms. The van der Waals surface area contributed by atoms with Crippen molar-refractivity contribution >= 4 is 27.5 Å². The minimum Gasteiger partial charge on any atom is -0.454 e. The van der Waals surface area contributed by atoms with Gasteiger partial charge in [0.25, 0.3) is 0 Å². The molecule has 0 unspecified atom stereocenters. The average Bonchev–Trinajstić information content (AvgIpc) is 3.42. The highest BCUT2D eigenvalue weighted by Gasteiger charge is 2.82. The molecule has 1 atom stereocenters. The lowest BCUT2D eigenvalue weighted by Crippen LogP contribution is -2.69. The highest BCUT2D eigenvalue weighted by molar-refractivity contribution is 9.10. The molecule has 0 radical (unpaired) electrons. The molecule has 0 aliphatic carbocycles. The van der Waals surface area contributed by atoms with Crippen LogP contribution in [0.5, 0.6) is 11.5 Å². The SMILES string of the molecule is O=C(CCc1ccc2c(c1)OCO2)N1N=C(c2ccc(Br)cc2)C[C@@]1(O)C(F)(F)C(F)(F)C(F)(F)F. The Hall–Kier alpha value is -2.87. The first-order chi connectivity index (χ1) is 16.7. The summed E-state index contributed by atoms with van der Waals surface area (Å²) in [6, 6.07) is 10.0. The molecule has 4 rings (SSSR count). The van der Waals surface area contributed by atoms with Crippen molar-refractivity contribution in [3.63, 3.8) is 0 Å². The van der Waals surface area contributed by atoms with Gasteiger partial charge < -0.3 is 14.6 Å². The molecule has 2 heterocycles. The van der Waals surface area contributed by atoms with Gasteiger partial charge >= 0.3 is 18.0 Å². The number of carbonyl (C=O) groups is 1. The zero-order chi connectivity index (χ0) is 26.5. The molecule has 2 aliphatic rings. The fourth-order valence-electron chi connectivity index (χ4n) is 3.74. The van der Waals surface area contributed by atoms with Gasteiger partial charge in [-0.25, -0.2) is 0 Å². The number of amides is 1. The molecular weight excluding hydrogens is 569 g/mol. The smallest absolute Gasteiger partial charge is 0.454 e. The summed E-state index contributed by atoms with van der Waals surface area (Å²) in [5, 5.41) is 13.9. The van der Waals surface area contributed by atoms with E-state index in [2.05, 4.69) is 21.0 Å². The van der Waals surface area contributed by atoms with Crippen LogP contribution in [0.1, 0.15) is 24.0 Å². The summed E-state index contributed by atoms with van der Waals surface area (Å²) in [7, 11) is 0. The van der Waals surface area contributed by atoms with Gasteiger partial charge in [0.15, 0.2) is 11.5 Å². The molecule has 6 nitrogen and oxygen atoms in total. The number of carbonyl (C=O) groups excluding carboxylic acids is 1. The summed E-state index contributed by atoms with van der Waals surface area (Å²) in [4.78, 5) is 12.9. The molecule has 2 aliphatic heterocycles. The van der Waals surface area contributed by atoms with Gasteiger partial charge in [0, 0.05) is 17.3 Å². The molecule has 0 saturated heterocycles. The first-order valence-corrected chi connectivity index (χ1v) is 11.1. The Morgan fingerprint density at radius 2 is 1.67 bits per heavy atom. The van der Waals surface area contributed by atoms with E-state index in [1.807, 2.05) is 0 Å². The monoisotopic (exact) mass is 584 g/mol. The van der Waals surface area contributed by atoms with Gasteiger partial charge in [0.05, 0.1) is 5.71 Å². The Bertz CT molecular complexity index is 1200. The van der Waals surface area contributed by atoms with Crippen LogP contribution in [0.4, 0.5) is 30.7 Å². The van der Waals surface area contributed by atoms with Crippen LogP contribution in [0.3, 0.4) is 0 Å². The van der Waals surface area contributed by atoms with Crippen molar-refractivity contribution in [2.75, 3.05) is 6.79 Å². The number of rotatable bonds is 6. The number of benzene rings is 2. The minimum absolute atomic E-state index is 0.0332. The summed E-state index contributed by atoms with van der Waals surface area (Å²) < 4.78 is 107. The number of aryl methyl sites for hydroxylation is 1. The molecule has 1 amide bonds. The maximum Gasteiger partial charge on any atom is 0.460 e. The van der Waals surface area contributed by atoms with E-state index in [1.165, 1.54) is 42.5 Å². The van der Waals surface area contributed by atoms with Gasteiger partial charge in [-0.3, -0.25) is 4.79 Å². The van der Waals surface area contributed by atoms with Crippen LogP contribution in [0, 0.1) is 0 Å². The largest absolute Gasteiger partial charge is 0.460 e. The number of aliphatic hydroxyl groups is 1. The van der Waals surface area contributed by atoms with Crippen molar-refractivity contribution in [3.05, 3.63) is 58.1 Å². The van der Waals surface area contributed by atoms with Crippen molar-refractivity contribution in [3.8, 4) is 11.5 Å². The molecule has 0 saturated carbocycles.